The summed E-state index contributed by atoms with van der Waals surface area (Å²) in [6, 6.07) is 0. The molecule has 6 rings (SSSR count). The standard InChI is InChI=1S/C54H78N4O4/c1-10-11-12-13-14-15-16-17-18-19-20-21-22-23-24-25-28-62-49(61)27-26-39-34(2)43-30-44-36(4)50(38(6)59)47(56-44)32-42-35(3)41(33-54(7,8)9)46(55-42)31-45-37(5)51-48(60)29-40(52(39)57-43)53(51)58-45/h30-32,34,38-39,57,59-60H,10-29,33H2,1-9H3/t34-,38?,39-/m0/s1. The Morgan fingerprint density at radius 2 is 1.39 bits per heavy atom. The highest BCUT2D eigenvalue weighted by molar-refractivity contribution is 6.21. The van der Waals surface area contributed by atoms with Crippen LogP contribution in [0, 0.1) is 17.3 Å². The van der Waals surface area contributed by atoms with E-state index < -0.39 is 6.10 Å². The number of unbranched alkanes of at least 4 members (excludes halogenated alkanes) is 15. The first-order valence-corrected chi connectivity index (χ1v) is 24.5. The summed E-state index contributed by atoms with van der Waals surface area (Å²) in [5, 5.41) is 26.4. The Hall–Kier alpha value is -4.04. The van der Waals surface area contributed by atoms with Gasteiger partial charge >= 0.3 is 5.97 Å². The number of fused-ring (bicyclic) bond motifs is 5. The fourth-order valence-electron chi connectivity index (χ4n) is 10.1. The van der Waals surface area contributed by atoms with Crippen molar-refractivity contribution in [2.45, 2.75) is 197 Å². The van der Waals surface area contributed by atoms with E-state index >= 15 is 0 Å². The van der Waals surface area contributed by atoms with Gasteiger partial charge < -0.3 is 20.3 Å². The maximum atomic E-state index is 13.2. The van der Waals surface area contributed by atoms with Crippen molar-refractivity contribution in [1.82, 2.24) is 5.32 Å². The summed E-state index contributed by atoms with van der Waals surface area (Å²) in [6.45, 7) is 19.7. The minimum absolute atomic E-state index is 0.0179. The van der Waals surface area contributed by atoms with E-state index in [0.717, 1.165) is 98.3 Å². The van der Waals surface area contributed by atoms with E-state index in [4.69, 9.17) is 19.7 Å². The number of nitrogens with one attached hydrogen (secondary N) is 1. The number of nitrogens with zero attached hydrogens (tertiary/aromatic N) is 3. The molecule has 3 N–H and O–H groups in total. The van der Waals surface area contributed by atoms with Gasteiger partial charge in [0.25, 0.3) is 0 Å². The number of hydrogen-bond acceptors (Lipinski definition) is 8. The molecule has 0 amide bonds. The Balaban J connectivity index is 1.11. The number of rotatable bonds is 22. The van der Waals surface area contributed by atoms with Crippen molar-refractivity contribution in [3.05, 3.63) is 91.5 Å². The third-order valence-corrected chi connectivity index (χ3v) is 13.8. The van der Waals surface area contributed by atoms with Gasteiger partial charge in [-0.25, -0.2) is 15.0 Å². The normalized spacial score (nSPS) is 21.5. The van der Waals surface area contributed by atoms with Crippen LogP contribution in [-0.2, 0) is 9.53 Å². The summed E-state index contributed by atoms with van der Waals surface area (Å²) in [7, 11) is 0. The van der Waals surface area contributed by atoms with Crippen molar-refractivity contribution in [3.8, 4) is 0 Å². The molecule has 1 unspecified atom stereocenters. The smallest absolute Gasteiger partial charge is 0.305 e. The molecule has 6 aliphatic rings. The van der Waals surface area contributed by atoms with E-state index in [1.165, 1.54) is 95.5 Å². The lowest BCUT2D eigenvalue weighted by atomic mass is 9.85. The number of allylic oxidation sites excluding steroid dienone is 11. The number of aliphatic hydroxyl groups is 2. The second kappa shape index (κ2) is 21.6. The number of esters is 1. The molecule has 0 spiro atoms. The predicted molar refractivity (Wildman–Crippen MR) is 257 cm³/mol. The first-order valence-electron chi connectivity index (χ1n) is 24.5. The number of carbonyl (C=O) groups excluding carboxylic acids is 1. The Morgan fingerprint density at radius 1 is 0.806 bits per heavy atom. The number of hydrogen-bond donors (Lipinski definition) is 3. The van der Waals surface area contributed by atoms with Gasteiger partial charge in [0.1, 0.15) is 5.76 Å². The van der Waals surface area contributed by atoms with Gasteiger partial charge in [-0.05, 0) is 92.9 Å². The molecule has 5 aliphatic heterocycles. The minimum Gasteiger partial charge on any atom is -0.511 e. The number of aliphatic imine (C=N–C) groups is 3. The SMILES string of the molecule is CCCCCCCCCCCCCCCCCCOC(=O)CC[C@@H]1C2=C3CC(O)=C4C3=NC(=C4C)C=C3N=C(C=C4N=C(C=C(N2)[C@H]1C)C(C)=C4C(C)O)C(C)=C3CC(C)(C)C. The Labute approximate surface area is 374 Å². The molecule has 8 heteroatoms. The van der Waals surface area contributed by atoms with Crippen LogP contribution in [0.5, 0.6) is 0 Å². The number of carbonyl (C=O) groups is 1. The zero-order chi connectivity index (χ0) is 44.6. The van der Waals surface area contributed by atoms with Gasteiger partial charge in [-0.15, -0.1) is 0 Å². The lowest BCUT2D eigenvalue weighted by Crippen LogP contribution is -2.16. The maximum Gasteiger partial charge on any atom is 0.305 e. The highest BCUT2D eigenvalue weighted by Gasteiger charge is 2.41. The monoisotopic (exact) mass is 847 g/mol. The summed E-state index contributed by atoms with van der Waals surface area (Å²) >= 11 is 0. The quantitative estimate of drug-likeness (QED) is 0.0741. The molecule has 338 valence electrons. The molecule has 1 saturated heterocycles. The molecular weight excluding hydrogens is 769 g/mol. The molecule has 1 aliphatic carbocycles. The first-order chi connectivity index (χ1) is 29.7. The Bertz CT molecular complexity index is 2070. The molecule has 8 bridgehead atoms. The van der Waals surface area contributed by atoms with Crippen LogP contribution in [0.1, 0.15) is 191 Å². The summed E-state index contributed by atoms with van der Waals surface area (Å²) in [6.07, 6.45) is 28.7. The lowest BCUT2D eigenvalue weighted by molar-refractivity contribution is -0.144. The minimum atomic E-state index is -0.715. The van der Waals surface area contributed by atoms with E-state index in [1.54, 1.807) is 6.92 Å². The zero-order valence-corrected chi connectivity index (χ0v) is 39.9. The third-order valence-electron chi connectivity index (χ3n) is 13.8. The van der Waals surface area contributed by atoms with Gasteiger partial charge in [-0.2, -0.15) is 0 Å². The van der Waals surface area contributed by atoms with Crippen molar-refractivity contribution in [2.24, 2.45) is 32.2 Å². The second-order valence-electron chi connectivity index (χ2n) is 20.2. The number of ether oxygens (including phenoxy) is 1. The molecule has 62 heavy (non-hydrogen) atoms. The average Bonchev–Trinajstić information content (AvgIpc) is 3.97. The molecule has 0 aromatic carbocycles. The van der Waals surface area contributed by atoms with Crippen molar-refractivity contribution in [3.63, 3.8) is 0 Å². The molecule has 1 fully saturated rings. The van der Waals surface area contributed by atoms with Crippen molar-refractivity contribution < 1.29 is 19.7 Å². The topological polar surface area (TPSA) is 116 Å². The molecule has 0 aromatic heterocycles. The molecule has 0 radical (unpaired) electrons. The fraction of sp³-hybridized carbons (Fsp3) is 0.630. The van der Waals surface area contributed by atoms with Crippen molar-refractivity contribution in [2.75, 3.05) is 6.61 Å². The fourth-order valence-corrected chi connectivity index (χ4v) is 10.1. The molecule has 0 aromatic rings. The predicted octanol–water partition coefficient (Wildman–Crippen LogP) is 13.6. The van der Waals surface area contributed by atoms with Gasteiger partial charge in [-0.3, -0.25) is 4.79 Å². The van der Waals surface area contributed by atoms with Crippen LogP contribution in [0.15, 0.2) is 106 Å². The van der Waals surface area contributed by atoms with Crippen LogP contribution in [0.4, 0.5) is 0 Å². The second-order valence-corrected chi connectivity index (χ2v) is 20.2. The lowest BCUT2D eigenvalue weighted by Gasteiger charge is -2.20. The summed E-state index contributed by atoms with van der Waals surface area (Å²) in [5.74, 6) is 0.189. The van der Waals surface area contributed by atoms with Crippen LogP contribution < -0.4 is 5.32 Å². The molecule has 5 heterocycles. The van der Waals surface area contributed by atoms with E-state index in [0.29, 0.717) is 31.6 Å². The molecule has 8 nitrogen and oxygen atoms in total. The zero-order valence-electron chi connectivity index (χ0n) is 39.9. The van der Waals surface area contributed by atoms with Crippen LogP contribution in [0.2, 0.25) is 0 Å². The summed E-state index contributed by atoms with van der Waals surface area (Å²) in [4.78, 5) is 28.8. The van der Waals surface area contributed by atoms with Gasteiger partial charge in [0.05, 0.1) is 46.9 Å². The van der Waals surface area contributed by atoms with E-state index in [2.05, 4.69) is 59.0 Å². The third kappa shape index (κ3) is 11.6. The van der Waals surface area contributed by atoms with Crippen LogP contribution in [0.3, 0.4) is 0 Å². The largest absolute Gasteiger partial charge is 0.511 e. The summed E-state index contributed by atoms with van der Waals surface area (Å²) in [5.41, 5.74) is 13.6. The molecular formula is C54H78N4O4. The van der Waals surface area contributed by atoms with Crippen LogP contribution >= 0.6 is 0 Å². The van der Waals surface area contributed by atoms with Crippen molar-refractivity contribution in [1.29, 1.82) is 0 Å². The van der Waals surface area contributed by atoms with E-state index in [-0.39, 0.29) is 23.2 Å². The summed E-state index contributed by atoms with van der Waals surface area (Å²) < 4.78 is 5.80. The van der Waals surface area contributed by atoms with E-state index in [1.807, 2.05) is 19.9 Å². The molecule has 0 saturated carbocycles. The maximum absolute atomic E-state index is 13.2. The van der Waals surface area contributed by atoms with Gasteiger partial charge in [0, 0.05) is 52.8 Å². The van der Waals surface area contributed by atoms with Gasteiger partial charge in [-0.1, -0.05) is 131 Å². The highest BCUT2D eigenvalue weighted by atomic mass is 16.5. The van der Waals surface area contributed by atoms with Gasteiger partial charge in [0.2, 0.25) is 0 Å². The first kappa shape index (κ1) is 47.4. The Kier molecular flexibility index (Phi) is 16.5. The van der Waals surface area contributed by atoms with Gasteiger partial charge in [0.15, 0.2) is 0 Å². The van der Waals surface area contributed by atoms with E-state index in [9.17, 15) is 15.0 Å². The molecule has 3 atom stereocenters. The van der Waals surface area contributed by atoms with Crippen LogP contribution in [0.25, 0.3) is 0 Å². The highest BCUT2D eigenvalue weighted by Crippen LogP contribution is 2.47. The average molecular weight is 847 g/mol. The van der Waals surface area contributed by atoms with Crippen LogP contribution in [-0.4, -0.2) is 46.0 Å². The number of aliphatic hydroxyl groups excluding tert-OH is 2. The Morgan fingerprint density at radius 3 is 1.98 bits per heavy atom. The van der Waals surface area contributed by atoms with Crippen molar-refractivity contribution >= 4 is 23.1 Å².